The third-order valence-electron chi connectivity index (χ3n) is 7.42. The van der Waals surface area contributed by atoms with E-state index in [1.165, 1.54) is 30.9 Å². The highest BCUT2D eigenvalue weighted by Crippen LogP contribution is 2.39. The third-order valence-corrected chi connectivity index (χ3v) is 7.42. The molecule has 11 nitrogen and oxygen atoms in total. The van der Waals surface area contributed by atoms with E-state index in [1.54, 1.807) is 72.8 Å². The van der Waals surface area contributed by atoms with Gasteiger partial charge in [0.15, 0.2) is 0 Å². The number of para-hydroxylation sites is 2. The lowest BCUT2D eigenvalue weighted by molar-refractivity contribution is 0.246. The summed E-state index contributed by atoms with van der Waals surface area (Å²) in [4.78, 5) is 54.7. The van der Waals surface area contributed by atoms with Crippen LogP contribution in [0.15, 0.2) is 116 Å². The van der Waals surface area contributed by atoms with Gasteiger partial charge in [0, 0.05) is 0 Å². The van der Waals surface area contributed by atoms with Gasteiger partial charge in [-0.3, -0.25) is 0 Å². The number of allylic oxidation sites excluding steroid dienone is 2. The molecule has 7 rings (SSSR count). The van der Waals surface area contributed by atoms with Gasteiger partial charge < -0.3 is 5.11 Å². The van der Waals surface area contributed by atoms with Gasteiger partial charge in [0.25, 0.3) is 0 Å². The standard InChI is InChI=1S/C28H22N6O5/c35-21-13-7-8-18(16-21)24-22-14-15-29-25(36)31(19-9-3-1-4-10-19)27(38)33(29)23(22)17-30-26(37)32(28(39)34(24)30)20-11-5-2-6-12-20/h1-14,16,23-24,35H,15,17H2/t23-,24+/m1/s1. The van der Waals surface area contributed by atoms with Crippen LogP contribution in [0.25, 0.3) is 11.4 Å². The van der Waals surface area contributed by atoms with Gasteiger partial charge in [0.05, 0.1) is 30.5 Å². The normalized spacial score (nSPS) is 17.7. The average Bonchev–Trinajstić information content (AvgIpc) is 3.36. The molecule has 194 valence electrons. The average molecular weight is 523 g/mol. The summed E-state index contributed by atoms with van der Waals surface area (Å²) in [5.41, 5.74) is -0.0404. The summed E-state index contributed by atoms with van der Waals surface area (Å²) < 4.78 is 7.63. The van der Waals surface area contributed by atoms with E-state index in [2.05, 4.69) is 0 Å². The van der Waals surface area contributed by atoms with Crippen molar-refractivity contribution in [2.45, 2.75) is 25.2 Å². The summed E-state index contributed by atoms with van der Waals surface area (Å²) in [6.45, 7) is 0.0701. The van der Waals surface area contributed by atoms with Crippen molar-refractivity contribution in [3.05, 3.63) is 144 Å². The van der Waals surface area contributed by atoms with Crippen molar-refractivity contribution in [1.29, 1.82) is 0 Å². The van der Waals surface area contributed by atoms with E-state index in [0.29, 0.717) is 22.5 Å². The molecule has 0 aliphatic carbocycles. The number of rotatable bonds is 3. The van der Waals surface area contributed by atoms with E-state index in [4.69, 9.17) is 0 Å². The van der Waals surface area contributed by atoms with Crippen LogP contribution in [0.5, 0.6) is 5.75 Å². The summed E-state index contributed by atoms with van der Waals surface area (Å²) >= 11 is 0. The number of fused-ring (bicyclic) bond motifs is 4. The number of aromatic hydroxyl groups is 1. The SMILES string of the molecule is O=c1n(-c2ccccc2)c(=O)n2n1CC=C1[C@H]2Cn2c(=O)n(-c3ccccc3)c(=O)n2[C@H]1c1cccc(O)c1. The topological polar surface area (TPSA) is 118 Å². The quantitative estimate of drug-likeness (QED) is 0.360. The highest BCUT2D eigenvalue weighted by molar-refractivity contribution is 5.39. The number of benzene rings is 3. The Morgan fingerprint density at radius 3 is 1.85 bits per heavy atom. The molecule has 0 saturated carbocycles. The molecule has 2 atom stereocenters. The van der Waals surface area contributed by atoms with Crippen LogP contribution in [0.4, 0.5) is 0 Å². The molecule has 0 amide bonds. The van der Waals surface area contributed by atoms with Crippen molar-refractivity contribution in [1.82, 2.24) is 27.9 Å². The molecule has 5 aromatic rings. The van der Waals surface area contributed by atoms with Gasteiger partial charge in [0.2, 0.25) is 0 Å². The molecule has 0 spiro atoms. The highest BCUT2D eigenvalue weighted by atomic mass is 16.3. The molecule has 0 saturated heterocycles. The predicted molar refractivity (Wildman–Crippen MR) is 142 cm³/mol. The zero-order valence-corrected chi connectivity index (χ0v) is 20.5. The zero-order valence-electron chi connectivity index (χ0n) is 20.5. The molecular weight excluding hydrogens is 500 g/mol. The fraction of sp³-hybridized carbons (Fsp3) is 0.143. The molecule has 4 heterocycles. The van der Waals surface area contributed by atoms with Crippen molar-refractivity contribution in [3.63, 3.8) is 0 Å². The highest BCUT2D eigenvalue weighted by Gasteiger charge is 2.41. The minimum Gasteiger partial charge on any atom is -0.508 e. The summed E-state index contributed by atoms with van der Waals surface area (Å²) in [5, 5.41) is 10.3. The van der Waals surface area contributed by atoms with Crippen LogP contribution in [0, 0.1) is 0 Å². The van der Waals surface area contributed by atoms with Crippen LogP contribution >= 0.6 is 0 Å². The second-order valence-corrected chi connectivity index (χ2v) is 9.54. The van der Waals surface area contributed by atoms with Crippen LogP contribution in [-0.2, 0) is 13.1 Å². The maximum Gasteiger partial charge on any atom is 0.352 e. The van der Waals surface area contributed by atoms with Crippen molar-refractivity contribution in [3.8, 4) is 17.1 Å². The van der Waals surface area contributed by atoms with Gasteiger partial charge >= 0.3 is 22.8 Å². The minimum atomic E-state index is -0.795. The van der Waals surface area contributed by atoms with Gasteiger partial charge in [0.1, 0.15) is 11.8 Å². The maximum atomic E-state index is 13.8. The summed E-state index contributed by atoms with van der Waals surface area (Å²) in [6.07, 6.45) is 1.83. The lowest BCUT2D eigenvalue weighted by Gasteiger charge is -2.37. The van der Waals surface area contributed by atoms with Crippen LogP contribution in [-0.4, -0.2) is 33.0 Å². The summed E-state index contributed by atoms with van der Waals surface area (Å²) in [7, 11) is 0. The number of hydrogen-bond acceptors (Lipinski definition) is 5. The smallest absolute Gasteiger partial charge is 0.352 e. The second kappa shape index (κ2) is 8.35. The molecule has 0 radical (unpaired) electrons. The van der Waals surface area contributed by atoms with Crippen molar-refractivity contribution < 1.29 is 5.11 Å². The minimum absolute atomic E-state index is 0.000207. The largest absolute Gasteiger partial charge is 0.508 e. The molecule has 0 fully saturated rings. The molecule has 0 bridgehead atoms. The van der Waals surface area contributed by atoms with Crippen molar-refractivity contribution >= 4 is 0 Å². The molecule has 2 aliphatic rings. The van der Waals surface area contributed by atoms with E-state index >= 15 is 0 Å². The first-order valence-electron chi connectivity index (χ1n) is 12.4. The van der Waals surface area contributed by atoms with Crippen LogP contribution in [0.3, 0.4) is 0 Å². The van der Waals surface area contributed by atoms with Gasteiger partial charge in [-0.2, -0.15) is 0 Å². The van der Waals surface area contributed by atoms with Crippen LogP contribution in [0.2, 0.25) is 0 Å². The number of phenols is 1. The number of aromatic nitrogens is 6. The number of nitrogens with zero attached hydrogens (tertiary/aromatic N) is 6. The fourth-order valence-corrected chi connectivity index (χ4v) is 5.75. The number of phenolic OH excluding ortho intramolecular Hbond substituents is 1. The Bertz CT molecular complexity index is 2020. The Morgan fingerprint density at radius 2 is 1.23 bits per heavy atom. The summed E-state index contributed by atoms with van der Waals surface area (Å²) in [6, 6.07) is 22.2. The molecule has 1 N–H and O–H groups in total. The van der Waals surface area contributed by atoms with E-state index in [1.807, 2.05) is 6.08 Å². The first-order valence-corrected chi connectivity index (χ1v) is 12.4. The van der Waals surface area contributed by atoms with Crippen molar-refractivity contribution in [2.75, 3.05) is 0 Å². The van der Waals surface area contributed by atoms with E-state index in [9.17, 15) is 24.3 Å². The number of hydrogen-bond donors (Lipinski definition) is 1. The molecule has 3 aromatic carbocycles. The molecule has 39 heavy (non-hydrogen) atoms. The molecule has 0 unspecified atom stereocenters. The Labute approximate surface area is 219 Å². The molecule has 2 aliphatic heterocycles. The maximum absolute atomic E-state index is 13.8. The lowest BCUT2D eigenvalue weighted by Crippen LogP contribution is -2.46. The van der Waals surface area contributed by atoms with Gasteiger partial charge in [-0.15, -0.1) is 0 Å². The zero-order chi connectivity index (χ0) is 26.8. The monoisotopic (exact) mass is 522 g/mol. The first kappa shape index (κ1) is 22.8. The lowest BCUT2D eigenvalue weighted by atomic mass is 9.90. The van der Waals surface area contributed by atoms with E-state index in [0.717, 1.165) is 9.13 Å². The Kier molecular flexibility index (Phi) is 4.89. The second-order valence-electron chi connectivity index (χ2n) is 9.54. The molecule has 2 aromatic heterocycles. The van der Waals surface area contributed by atoms with Crippen LogP contribution in [0.1, 0.15) is 17.6 Å². The first-order chi connectivity index (χ1) is 19.0. The Morgan fingerprint density at radius 1 is 0.641 bits per heavy atom. The van der Waals surface area contributed by atoms with E-state index < -0.39 is 34.8 Å². The van der Waals surface area contributed by atoms with Gasteiger partial charge in [-0.1, -0.05) is 54.6 Å². The molecule has 11 heteroatoms. The van der Waals surface area contributed by atoms with Gasteiger partial charge in [-0.25, -0.2) is 47.0 Å². The van der Waals surface area contributed by atoms with Gasteiger partial charge in [-0.05, 0) is 47.5 Å². The molecular formula is C28H22N6O5. The van der Waals surface area contributed by atoms with Crippen molar-refractivity contribution in [2.24, 2.45) is 0 Å². The third kappa shape index (κ3) is 3.22. The Balaban J connectivity index is 1.50. The van der Waals surface area contributed by atoms with E-state index in [-0.39, 0.29) is 18.8 Å². The van der Waals surface area contributed by atoms with Crippen LogP contribution < -0.4 is 22.8 Å². The summed E-state index contributed by atoms with van der Waals surface area (Å²) in [5.74, 6) is -0.000207. The Hall–Kier alpha value is -5.32. The fourth-order valence-electron chi connectivity index (χ4n) is 5.75. The predicted octanol–water partition coefficient (Wildman–Crippen LogP) is 1.40.